The summed E-state index contributed by atoms with van der Waals surface area (Å²) in [6.07, 6.45) is 2.55. The Balaban J connectivity index is 1.67. The number of piperidine rings is 1. The molecule has 25 heavy (non-hydrogen) atoms. The number of halogens is 1. The van der Waals surface area contributed by atoms with Crippen LogP contribution >= 0.6 is 11.6 Å². The van der Waals surface area contributed by atoms with E-state index in [0.717, 1.165) is 25.6 Å². The Labute approximate surface area is 154 Å². The quantitative estimate of drug-likeness (QED) is 0.840. The molecule has 0 aliphatic carbocycles. The van der Waals surface area contributed by atoms with Gasteiger partial charge in [-0.3, -0.25) is 9.62 Å². The van der Waals surface area contributed by atoms with Crippen molar-refractivity contribution in [3.05, 3.63) is 59.1 Å². The molecule has 4 nitrogen and oxygen atoms in total. The van der Waals surface area contributed by atoms with Gasteiger partial charge in [0.15, 0.2) is 0 Å². The first-order valence-corrected chi connectivity index (χ1v) is 10.4. The smallest absolute Gasteiger partial charge is 0.263 e. The third-order valence-electron chi connectivity index (χ3n) is 4.48. The molecule has 1 atom stereocenters. The predicted molar refractivity (Wildman–Crippen MR) is 102 cm³/mol. The summed E-state index contributed by atoms with van der Waals surface area (Å²) in [5.74, 6) is 0.746. The fourth-order valence-corrected chi connectivity index (χ4v) is 4.82. The summed E-state index contributed by atoms with van der Waals surface area (Å²) in [5.41, 5.74) is 1.73. The van der Waals surface area contributed by atoms with Gasteiger partial charge in [0, 0.05) is 18.8 Å². The van der Waals surface area contributed by atoms with Crippen LogP contribution in [0.4, 0.5) is 5.69 Å². The van der Waals surface area contributed by atoms with E-state index in [-0.39, 0.29) is 9.92 Å². The molecule has 1 fully saturated rings. The van der Waals surface area contributed by atoms with Gasteiger partial charge in [-0.1, -0.05) is 42.8 Å². The first-order chi connectivity index (χ1) is 11.9. The number of hydrogen-bond donors (Lipinski definition) is 1. The first kappa shape index (κ1) is 18.2. The SMILES string of the molecule is CC1CCCN(Cc2ccc(NS(=O)(=O)c3ccccc3Cl)cc2)C1. The largest absolute Gasteiger partial charge is 0.299 e. The molecule has 1 N–H and O–H groups in total. The highest BCUT2D eigenvalue weighted by Crippen LogP contribution is 2.24. The van der Waals surface area contributed by atoms with E-state index < -0.39 is 10.0 Å². The van der Waals surface area contributed by atoms with E-state index in [0.29, 0.717) is 5.69 Å². The zero-order valence-corrected chi connectivity index (χ0v) is 15.9. The molecule has 0 aromatic heterocycles. The molecule has 0 bridgehead atoms. The molecule has 0 saturated carbocycles. The van der Waals surface area contributed by atoms with Crippen molar-refractivity contribution in [1.29, 1.82) is 0 Å². The minimum Gasteiger partial charge on any atom is -0.299 e. The van der Waals surface area contributed by atoms with Crippen molar-refractivity contribution in [2.45, 2.75) is 31.2 Å². The molecule has 134 valence electrons. The normalized spacial score (nSPS) is 18.9. The Bertz CT molecular complexity index is 822. The average molecular weight is 379 g/mol. The third-order valence-corrected chi connectivity index (χ3v) is 6.36. The van der Waals surface area contributed by atoms with Crippen LogP contribution in [0.15, 0.2) is 53.4 Å². The van der Waals surface area contributed by atoms with Gasteiger partial charge in [-0.05, 0) is 55.1 Å². The van der Waals surface area contributed by atoms with E-state index >= 15 is 0 Å². The Morgan fingerprint density at radius 3 is 2.56 bits per heavy atom. The number of benzene rings is 2. The first-order valence-electron chi connectivity index (χ1n) is 8.53. The fourth-order valence-electron chi connectivity index (χ4n) is 3.24. The molecule has 0 amide bonds. The van der Waals surface area contributed by atoms with Gasteiger partial charge in [-0.25, -0.2) is 8.42 Å². The molecule has 0 spiro atoms. The van der Waals surface area contributed by atoms with Gasteiger partial charge in [0.1, 0.15) is 4.90 Å². The molecule has 1 aliphatic rings. The van der Waals surface area contributed by atoms with Crippen molar-refractivity contribution in [2.75, 3.05) is 17.8 Å². The van der Waals surface area contributed by atoms with Crippen LogP contribution in [0.3, 0.4) is 0 Å². The van der Waals surface area contributed by atoms with E-state index in [1.165, 1.54) is 24.5 Å². The molecular formula is C19H23ClN2O2S. The Morgan fingerprint density at radius 2 is 1.88 bits per heavy atom. The van der Waals surface area contributed by atoms with Gasteiger partial charge in [-0.2, -0.15) is 0 Å². The fraction of sp³-hybridized carbons (Fsp3) is 0.368. The number of nitrogens with one attached hydrogen (secondary N) is 1. The van der Waals surface area contributed by atoms with Crippen LogP contribution in [0.2, 0.25) is 5.02 Å². The summed E-state index contributed by atoms with van der Waals surface area (Å²) in [6.45, 7) is 5.45. The average Bonchev–Trinajstić information content (AvgIpc) is 2.57. The second-order valence-corrected chi connectivity index (χ2v) is 8.77. The van der Waals surface area contributed by atoms with Crippen LogP contribution in [-0.4, -0.2) is 26.4 Å². The van der Waals surface area contributed by atoms with Crippen LogP contribution in [-0.2, 0) is 16.6 Å². The standard InChI is InChI=1S/C19H23ClN2O2S/c1-15-5-4-12-22(13-15)14-16-8-10-17(11-9-16)21-25(23,24)19-7-3-2-6-18(19)20/h2-3,6-11,15,21H,4-5,12-14H2,1H3. The topological polar surface area (TPSA) is 49.4 Å². The maximum absolute atomic E-state index is 12.5. The van der Waals surface area contributed by atoms with E-state index in [1.807, 2.05) is 12.1 Å². The molecule has 2 aromatic rings. The zero-order chi connectivity index (χ0) is 17.9. The molecule has 1 aliphatic heterocycles. The Hall–Kier alpha value is -1.56. The van der Waals surface area contributed by atoms with Gasteiger partial charge in [0.2, 0.25) is 0 Å². The van der Waals surface area contributed by atoms with E-state index in [4.69, 9.17) is 11.6 Å². The van der Waals surface area contributed by atoms with Gasteiger partial charge >= 0.3 is 0 Å². The highest BCUT2D eigenvalue weighted by Gasteiger charge is 2.18. The number of rotatable bonds is 5. The molecule has 3 rings (SSSR count). The van der Waals surface area contributed by atoms with Crippen LogP contribution in [0.1, 0.15) is 25.3 Å². The summed E-state index contributed by atoms with van der Waals surface area (Å²) in [7, 11) is -3.68. The summed E-state index contributed by atoms with van der Waals surface area (Å²) in [4.78, 5) is 2.54. The number of anilines is 1. The van der Waals surface area contributed by atoms with Crippen molar-refractivity contribution in [2.24, 2.45) is 5.92 Å². The Morgan fingerprint density at radius 1 is 1.16 bits per heavy atom. The molecule has 2 aromatic carbocycles. The van der Waals surface area contributed by atoms with Gasteiger partial charge in [-0.15, -0.1) is 0 Å². The van der Waals surface area contributed by atoms with E-state index in [2.05, 4.69) is 16.5 Å². The highest BCUT2D eigenvalue weighted by atomic mass is 35.5. The lowest BCUT2D eigenvalue weighted by Gasteiger charge is -2.30. The van der Waals surface area contributed by atoms with Crippen molar-refractivity contribution < 1.29 is 8.42 Å². The molecule has 0 radical (unpaired) electrons. The lowest BCUT2D eigenvalue weighted by Crippen LogP contribution is -2.33. The number of nitrogens with zero attached hydrogens (tertiary/aromatic N) is 1. The third kappa shape index (κ3) is 4.75. The molecule has 1 heterocycles. The van der Waals surface area contributed by atoms with Crippen LogP contribution in [0.25, 0.3) is 0 Å². The maximum Gasteiger partial charge on any atom is 0.263 e. The summed E-state index contributed by atoms with van der Waals surface area (Å²) in [6, 6.07) is 14.0. The molecular weight excluding hydrogens is 356 g/mol. The molecule has 1 saturated heterocycles. The maximum atomic E-state index is 12.5. The second kappa shape index (κ2) is 7.77. The van der Waals surface area contributed by atoms with Crippen molar-refractivity contribution in [3.63, 3.8) is 0 Å². The lowest BCUT2D eigenvalue weighted by molar-refractivity contribution is 0.176. The van der Waals surface area contributed by atoms with Crippen molar-refractivity contribution >= 4 is 27.3 Å². The second-order valence-electron chi connectivity index (χ2n) is 6.72. The molecule has 6 heteroatoms. The lowest BCUT2D eigenvalue weighted by atomic mass is 10.00. The summed E-state index contributed by atoms with van der Waals surface area (Å²) >= 11 is 6.00. The number of hydrogen-bond acceptors (Lipinski definition) is 3. The number of sulfonamides is 1. The number of likely N-dealkylation sites (tertiary alicyclic amines) is 1. The monoisotopic (exact) mass is 378 g/mol. The highest BCUT2D eigenvalue weighted by molar-refractivity contribution is 7.92. The van der Waals surface area contributed by atoms with Crippen LogP contribution in [0, 0.1) is 5.92 Å². The van der Waals surface area contributed by atoms with Crippen molar-refractivity contribution in [1.82, 2.24) is 4.90 Å². The van der Waals surface area contributed by atoms with Crippen LogP contribution in [0.5, 0.6) is 0 Å². The van der Waals surface area contributed by atoms with Gasteiger partial charge < -0.3 is 0 Å². The summed E-state index contributed by atoms with van der Waals surface area (Å²) in [5, 5.41) is 0.214. The van der Waals surface area contributed by atoms with E-state index in [1.54, 1.807) is 30.3 Å². The predicted octanol–water partition coefficient (Wildman–Crippen LogP) is 4.37. The molecule has 1 unspecified atom stereocenters. The van der Waals surface area contributed by atoms with Crippen LogP contribution < -0.4 is 4.72 Å². The minimum absolute atomic E-state index is 0.0862. The zero-order valence-electron chi connectivity index (χ0n) is 14.3. The minimum atomic E-state index is -3.68. The van der Waals surface area contributed by atoms with Gasteiger partial charge in [0.25, 0.3) is 10.0 Å². The van der Waals surface area contributed by atoms with E-state index in [9.17, 15) is 8.42 Å². The Kier molecular flexibility index (Phi) is 5.67. The van der Waals surface area contributed by atoms with Crippen molar-refractivity contribution in [3.8, 4) is 0 Å². The summed E-state index contributed by atoms with van der Waals surface area (Å²) < 4.78 is 27.5. The van der Waals surface area contributed by atoms with Gasteiger partial charge in [0.05, 0.1) is 5.02 Å².